The molecule has 0 radical (unpaired) electrons. The van der Waals surface area contributed by atoms with E-state index in [4.69, 9.17) is 5.26 Å². The van der Waals surface area contributed by atoms with E-state index in [9.17, 15) is 4.39 Å². The van der Waals surface area contributed by atoms with Gasteiger partial charge in [0.15, 0.2) is 11.6 Å². The van der Waals surface area contributed by atoms with Gasteiger partial charge in [0, 0.05) is 6.07 Å². The van der Waals surface area contributed by atoms with Crippen LogP contribution in [0.25, 0.3) is 0 Å². The maximum absolute atomic E-state index is 12.7. The lowest BCUT2D eigenvalue weighted by atomic mass is 10.2. The molecule has 0 aliphatic rings. The zero-order chi connectivity index (χ0) is 12.3. The number of hydrogen-bond donors (Lipinski definition) is 0. The Kier molecular flexibility index (Phi) is 11.1. The average Bonchev–Trinajstić information content (AvgIpc) is 2.35. The number of hydrogen-bond acceptors (Lipinski definition) is 2. The van der Waals surface area contributed by atoms with Gasteiger partial charge in [0.2, 0.25) is 0 Å². The highest BCUT2D eigenvalue weighted by Crippen LogP contribution is 2.17. The molecule has 0 heterocycles. The molecule has 0 atom stereocenters. The van der Waals surface area contributed by atoms with Gasteiger partial charge in [-0.1, -0.05) is 27.7 Å². The third kappa shape index (κ3) is 5.69. The fourth-order valence-electron chi connectivity index (χ4n) is 0.729. The average molecular weight is 211 g/mol. The molecule has 0 N–H and O–H groups in total. The molecule has 0 unspecified atom stereocenters. The van der Waals surface area contributed by atoms with Crippen molar-refractivity contribution in [3.63, 3.8) is 0 Å². The second-order valence-corrected chi connectivity index (χ2v) is 1.96. The molecular formula is C12H18FNO. The summed E-state index contributed by atoms with van der Waals surface area (Å²) < 4.78 is 17.3. The molecule has 0 spiro atoms. The number of nitrogens with zero attached hydrogens (tertiary/aromatic N) is 1. The minimum absolute atomic E-state index is 0.101. The summed E-state index contributed by atoms with van der Waals surface area (Å²) >= 11 is 0. The molecule has 1 aromatic rings. The molecule has 0 amide bonds. The van der Waals surface area contributed by atoms with E-state index in [-0.39, 0.29) is 5.75 Å². The predicted octanol–water partition coefficient (Wildman–Crippen LogP) is 3.76. The third-order valence-corrected chi connectivity index (χ3v) is 1.28. The molecule has 15 heavy (non-hydrogen) atoms. The zero-order valence-electron chi connectivity index (χ0n) is 9.97. The Balaban J connectivity index is 0. The van der Waals surface area contributed by atoms with Gasteiger partial charge in [0.05, 0.1) is 18.7 Å². The Hall–Kier alpha value is -1.56. The van der Waals surface area contributed by atoms with Crippen LogP contribution in [0.2, 0.25) is 0 Å². The normalized spacial score (nSPS) is 7.27. The van der Waals surface area contributed by atoms with Crippen molar-refractivity contribution in [3.05, 3.63) is 29.6 Å². The van der Waals surface area contributed by atoms with Crippen LogP contribution in [0.5, 0.6) is 5.75 Å². The van der Waals surface area contributed by atoms with Crippen molar-refractivity contribution in [2.24, 2.45) is 0 Å². The van der Waals surface area contributed by atoms with Crippen LogP contribution in [0, 0.1) is 17.1 Å². The van der Waals surface area contributed by atoms with Crippen LogP contribution in [-0.2, 0) is 0 Å². The summed E-state index contributed by atoms with van der Waals surface area (Å²) in [6.45, 7) is 8.00. The Morgan fingerprint density at radius 1 is 1.20 bits per heavy atom. The van der Waals surface area contributed by atoms with Crippen LogP contribution < -0.4 is 4.74 Å². The molecule has 2 nitrogen and oxygen atoms in total. The Bertz CT molecular complexity index is 305. The van der Waals surface area contributed by atoms with Crippen LogP contribution in [-0.4, -0.2) is 7.11 Å². The highest BCUT2D eigenvalue weighted by Gasteiger charge is 2.01. The van der Waals surface area contributed by atoms with Crippen molar-refractivity contribution < 1.29 is 9.13 Å². The summed E-state index contributed by atoms with van der Waals surface area (Å²) in [7, 11) is 1.36. The topological polar surface area (TPSA) is 33.0 Å². The monoisotopic (exact) mass is 211 g/mol. The Labute approximate surface area is 91.3 Å². The molecular weight excluding hydrogens is 193 g/mol. The number of ether oxygens (including phenoxy) is 1. The van der Waals surface area contributed by atoms with E-state index in [1.165, 1.54) is 25.3 Å². The molecule has 3 heteroatoms. The maximum Gasteiger partial charge on any atom is 0.165 e. The van der Waals surface area contributed by atoms with E-state index >= 15 is 0 Å². The molecule has 0 fully saturated rings. The predicted molar refractivity (Wildman–Crippen MR) is 60.4 cm³/mol. The van der Waals surface area contributed by atoms with Gasteiger partial charge >= 0.3 is 0 Å². The quantitative estimate of drug-likeness (QED) is 0.708. The van der Waals surface area contributed by atoms with E-state index in [2.05, 4.69) is 4.74 Å². The van der Waals surface area contributed by atoms with Crippen molar-refractivity contribution in [3.8, 4) is 11.8 Å². The molecule has 0 bridgehead atoms. The largest absolute Gasteiger partial charge is 0.494 e. The van der Waals surface area contributed by atoms with E-state index in [1.807, 2.05) is 33.8 Å². The number of halogens is 1. The molecule has 0 saturated carbocycles. The van der Waals surface area contributed by atoms with Crippen molar-refractivity contribution in [2.75, 3.05) is 7.11 Å². The second-order valence-electron chi connectivity index (χ2n) is 1.96. The molecule has 0 aliphatic heterocycles. The van der Waals surface area contributed by atoms with E-state index in [0.29, 0.717) is 5.56 Å². The molecule has 0 aromatic heterocycles. The SMILES string of the molecule is CC.CC.COc1cc(C#N)ccc1F. The lowest BCUT2D eigenvalue weighted by Gasteiger charge is -1.99. The van der Waals surface area contributed by atoms with E-state index in [0.717, 1.165) is 0 Å². The van der Waals surface area contributed by atoms with Crippen LogP contribution >= 0.6 is 0 Å². The van der Waals surface area contributed by atoms with Crippen molar-refractivity contribution in [1.82, 2.24) is 0 Å². The first kappa shape index (κ1) is 15.9. The van der Waals surface area contributed by atoms with Gasteiger partial charge in [-0.25, -0.2) is 4.39 Å². The summed E-state index contributed by atoms with van der Waals surface area (Å²) in [5.74, 6) is -0.351. The zero-order valence-corrected chi connectivity index (χ0v) is 9.97. The third-order valence-electron chi connectivity index (χ3n) is 1.28. The number of nitriles is 1. The summed E-state index contributed by atoms with van der Waals surface area (Å²) in [6.07, 6.45) is 0. The van der Waals surface area contributed by atoms with Gasteiger partial charge in [-0.3, -0.25) is 0 Å². The standard InChI is InChI=1S/C8H6FNO.2C2H6/c1-11-8-4-6(5-10)2-3-7(8)9;2*1-2/h2-4H,1H3;2*1-2H3. The second kappa shape index (κ2) is 10.5. The molecule has 0 aliphatic carbocycles. The van der Waals surface area contributed by atoms with E-state index in [1.54, 1.807) is 0 Å². The van der Waals surface area contributed by atoms with Crippen molar-refractivity contribution in [2.45, 2.75) is 27.7 Å². The molecule has 1 aromatic carbocycles. The molecule has 0 saturated heterocycles. The molecule has 84 valence electrons. The summed E-state index contributed by atoms with van der Waals surface area (Å²) in [5, 5.41) is 8.42. The number of methoxy groups -OCH3 is 1. The van der Waals surface area contributed by atoms with Gasteiger partial charge in [0.25, 0.3) is 0 Å². The fraction of sp³-hybridized carbons (Fsp3) is 0.417. The first-order valence-electron chi connectivity index (χ1n) is 5.01. The Morgan fingerprint density at radius 3 is 2.13 bits per heavy atom. The first-order valence-corrected chi connectivity index (χ1v) is 5.01. The first-order chi connectivity index (χ1) is 7.27. The van der Waals surface area contributed by atoms with Crippen molar-refractivity contribution >= 4 is 0 Å². The molecule has 1 rings (SSSR count). The van der Waals surface area contributed by atoms with Crippen molar-refractivity contribution in [1.29, 1.82) is 5.26 Å². The number of rotatable bonds is 1. The number of benzene rings is 1. The van der Waals surface area contributed by atoms with Gasteiger partial charge in [-0.15, -0.1) is 0 Å². The van der Waals surface area contributed by atoms with Crippen LogP contribution in [0.15, 0.2) is 18.2 Å². The van der Waals surface area contributed by atoms with Crippen LogP contribution in [0.3, 0.4) is 0 Å². The maximum atomic E-state index is 12.7. The summed E-state index contributed by atoms with van der Waals surface area (Å²) in [4.78, 5) is 0. The van der Waals surface area contributed by atoms with Crippen LogP contribution in [0.1, 0.15) is 33.3 Å². The highest BCUT2D eigenvalue weighted by atomic mass is 19.1. The smallest absolute Gasteiger partial charge is 0.165 e. The lowest BCUT2D eigenvalue weighted by molar-refractivity contribution is 0.386. The van der Waals surface area contributed by atoms with E-state index < -0.39 is 5.82 Å². The summed E-state index contributed by atoms with van der Waals surface area (Å²) in [6, 6.07) is 5.85. The van der Waals surface area contributed by atoms with Gasteiger partial charge < -0.3 is 4.74 Å². The highest BCUT2D eigenvalue weighted by molar-refractivity contribution is 5.37. The minimum Gasteiger partial charge on any atom is -0.494 e. The minimum atomic E-state index is -0.452. The Morgan fingerprint density at radius 2 is 1.73 bits per heavy atom. The summed E-state index contributed by atoms with van der Waals surface area (Å²) in [5.41, 5.74) is 0.392. The van der Waals surface area contributed by atoms with Gasteiger partial charge in [-0.05, 0) is 12.1 Å². The van der Waals surface area contributed by atoms with Gasteiger partial charge in [-0.2, -0.15) is 5.26 Å². The fourth-order valence-corrected chi connectivity index (χ4v) is 0.729. The van der Waals surface area contributed by atoms with Crippen LogP contribution in [0.4, 0.5) is 4.39 Å². The van der Waals surface area contributed by atoms with Gasteiger partial charge in [0.1, 0.15) is 0 Å². The lowest BCUT2D eigenvalue weighted by Crippen LogP contribution is -1.88.